The summed E-state index contributed by atoms with van der Waals surface area (Å²) in [6.07, 6.45) is 0.812. The second-order valence-corrected chi connectivity index (χ2v) is 5.72. The second kappa shape index (κ2) is 6.93. The van der Waals surface area contributed by atoms with Gasteiger partial charge in [0.2, 0.25) is 0 Å². The minimum absolute atomic E-state index is 0.0677. The average Bonchev–Trinajstić information content (AvgIpc) is 3.05. The molecule has 6 nitrogen and oxygen atoms in total. The lowest BCUT2D eigenvalue weighted by Crippen LogP contribution is -2.08. The summed E-state index contributed by atoms with van der Waals surface area (Å²) in [7, 11) is 0. The fourth-order valence-corrected chi connectivity index (χ4v) is 2.65. The van der Waals surface area contributed by atoms with E-state index in [2.05, 4.69) is 19.9 Å². The Kier molecular flexibility index (Phi) is 4.70. The normalized spacial score (nSPS) is 11.3. The Morgan fingerprint density at radius 2 is 1.96 bits per heavy atom. The molecule has 128 valence electrons. The fraction of sp³-hybridized carbons (Fsp3) is 0.133. The van der Waals surface area contributed by atoms with Crippen molar-refractivity contribution in [3.63, 3.8) is 0 Å². The highest BCUT2D eigenvalue weighted by atomic mass is 32.1. The average molecular weight is 366 g/mol. The highest BCUT2D eigenvalue weighted by molar-refractivity contribution is 7.09. The van der Waals surface area contributed by atoms with Gasteiger partial charge in [0.05, 0.1) is 18.8 Å². The Bertz CT molecular complexity index is 884. The smallest absolute Gasteiger partial charge is 0.434 e. The van der Waals surface area contributed by atoms with Gasteiger partial charge in [0.1, 0.15) is 22.8 Å². The minimum atomic E-state index is -4.53. The molecule has 0 aliphatic heterocycles. The molecule has 0 saturated heterocycles. The molecule has 0 aromatic carbocycles. The van der Waals surface area contributed by atoms with Crippen molar-refractivity contribution in [2.75, 3.05) is 0 Å². The van der Waals surface area contributed by atoms with Crippen LogP contribution in [0.25, 0.3) is 0 Å². The Hall–Kier alpha value is -2.88. The van der Waals surface area contributed by atoms with E-state index in [4.69, 9.17) is 4.74 Å². The number of thiazole rings is 1. The van der Waals surface area contributed by atoms with Crippen LogP contribution in [0.4, 0.5) is 13.2 Å². The molecule has 0 fully saturated rings. The Morgan fingerprint density at radius 1 is 1.20 bits per heavy atom. The van der Waals surface area contributed by atoms with Gasteiger partial charge in [0.15, 0.2) is 17.2 Å². The van der Waals surface area contributed by atoms with E-state index in [0.717, 1.165) is 16.7 Å². The molecule has 0 radical (unpaired) electrons. The van der Waals surface area contributed by atoms with Crippen molar-refractivity contribution in [3.8, 4) is 11.5 Å². The lowest BCUT2D eigenvalue weighted by molar-refractivity contribution is -0.140. The third-order valence-electron chi connectivity index (χ3n) is 2.94. The molecule has 10 heteroatoms. The maximum Gasteiger partial charge on any atom is 0.434 e. The molecular formula is C15H9F3N4O2S. The number of Topliss-reactive ketones (excluding diaryl/α,β-unsaturated/α-hetero) is 1. The quantitative estimate of drug-likeness (QED) is 0.643. The van der Waals surface area contributed by atoms with Crippen LogP contribution >= 0.6 is 11.3 Å². The monoisotopic (exact) mass is 366 g/mol. The number of nitrogens with zero attached hydrogens (tertiary/aromatic N) is 4. The first kappa shape index (κ1) is 17.0. The van der Waals surface area contributed by atoms with Gasteiger partial charge in [-0.25, -0.2) is 15.0 Å². The number of ketones is 1. The number of halogens is 3. The van der Waals surface area contributed by atoms with Gasteiger partial charge < -0.3 is 4.74 Å². The van der Waals surface area contributed by atoms with Crippen LogP contribution in [0.5, 0.6) is 11.5 Å². The third-order valence-corrected chi connectivity index (χ3v) is 3.79. The summed E-state index contributed by atoms with van der Waals surface area (Å²) in [6, 6.07) is 2.93. The molecule has 3 heterocycles. The number of rotatable bonds is 5. The summed E-state index contributed by atoms with van der Waals surface area (Å²) in [5, 5.41) is 0.951. The lowest BCUT2D eigenvalue weighted by atomic mass is 10.2. The number of carbonyl (C=O) groups excluding carboxylic acids is 1. The molecule has 0 aliphatic carbocycles. The van der Waals surface area contributed by atoms with Crippen LogP contribution in [0.2, 0.25) is 0 Å². The summed E-state index contributed by atoms with van der Waals surface area (Å²) in [6.45, 7) is 0. The van der Waals surface area contributed by atoms with E-state index in [1.165, 1.54) is 37.1 Å². The van der Waals surface area contributed by atoms with Crippen LogP contribution in [0.15, 0.2) is 42.4 Å². The van der Waals surface area contributed by atoms with Crippen molar-refractivity contribution in [1.82, 2.24) is 19.9 Å². The molecular weight excluding hydrogens is 357 g/mol. The minimum Gasteiger partial charge on any atom is -0.454 e. The van der Waals surface area contributed by atoms with E-state index in [9.17, 15) is 18.0 Å². The van der Waals surface area contributed by atoms with Gasteiger partial charge in [-0.15, -0.1) is 11.3 Å². The van der Waals surface area contributed by atoms with E-state index in [-0.39, 0.29) is 17.1 Å². The van der Waals surface area contributed by atoms with Crippen LogP contribution in [0.1, 0.15) is 21.2 Å². The topological polar surface area (TPSA) is 77.9 Å². The van der Waals surface area contributed by atoms with Crippen LogP contribution in [-0.4, -0.2) is 25.7 Å². The van der Waals surface area contributed by atoms with E-state index >= 15 is 0 Å². The number of pyridine rings is 1. The Morgan fingerprint density at radius 3 is 2.64 bits per heavy atom. The van der Waals surface area contributed by atoms with Crippen LogP contribution < -0.4 is 4.74 Å². The number of hydrogen-bond acceptors (Lipinski definition) is 7. The van der Waals surface area contributed by atoms with Gasteiger partial charge in [0, 0.05) is 17.6 Å². The molecule has 0 N–H and O–H groups in total. The van der Waals surface area contributed by atoms with Gasteiger partial charge in [-0.2, -0.15) is 13.2 Å². The zero-order valence-electron chi connectivity index (χ0n) is 12.4. The van der Waals surface area contributed by atoms with Crippen molar-refractivity contribution in [3.05, 3.63) is 58.8 Å². The van der Waals surface area contributed by atoms with Crippen LogP contribution in [-0.2, 0) is 12.6 Å². The SMILES string of the molecule is O=C(Cc1nc(C(F)(F)F)cs1)c1cc(Oc2cncnc2)ccn1. The third kappa shape index (κ3) is 4.35. The molecule has 0 bridgehead atoms. The predicted octanol–water partition coefficient (Wildman–Crippen LogP) is 3.56. The van der Waals surface area contributed by atoms with Gasteiger partial charge >= 0.3 is 6.18 Å². The number of alkyl halides is 3. The summed E-state index contributed by atoms with van der Waals surface area (Å²) < 4.78 is 43.1. The van der Waals surface area contributed by atoms with Gasteiger partial charge in [-0.05, 0) is 6.07 Å². The zero-order chi connectivity index (χ0) is 17.9. The van der Waals surface area contributed by atoms with Crippen LogP contribution in [0, 0.1) is 0 Å². The second-order valence-electron chi connectivity index (χ2n) is 4.78. The summed E-state index contributed by atoms with van der Waals surface area (Å²) >= 11 is 0.779. The highest BCUT2D eigenvalue weighted by Crippen LogP contribution is 2.30. The molecule has 3 aromatic rings. The first-order valence-electron chi connectivity index (χ1n) is 6.85. The van der Waals surface area contributed by atoms with Crippen molar-refractivity contribution >= 4 is 17.1 Å². The molecule has 3 aromatic heterocycles. The molecule has 25 heavy (non-hydrogen) atoms. The number of aromatic nitrogens is 4. The van der Waals surface area contributed by atoms with Crippen molar-refractivity contribution in [1.29, 1.82) is 0 Å². The van der Waals surface area contributed by atoms with Gasteiger partial charge in [-0.1, -0.05) is 0 Å². The van der Waals surface area contributed by atoms with E-state index < -0.39 is 17.7 Å². The summed E-state index contributed by atoms with van der Waals surface area (Å²) in [5.41, 5.74) is -0.937. The first-order chi connectivity index (χ1) is 11.9. The van der Waals surface area contributed by atoms with Gasteiger partial charge in [0.25, 0.3) is 0 Å². The molecule has 0 atom stereocenters. The first-order valence-corrected chi connectivity index (χ1v) is 7.73. The number of ether oxygens (including phenoxy) is 1. The van der Waals surface area contributed by atoms with Crippen LogP contribution in [0.3, 0.4) is 0 Å². The van der Waals surface area contributed by atoms with Crippen molar-refractivity contribution in [2.24, 2.45) is 0 Å². The Balaban J connectivity index is 1.72. The molecule has 0 unspecified atom stereocenters. The van der Waals surface area contributed by atoms with Crippen molar-refractivity contribution < 1.29 is 22.7 Å². The fourth-order valence-electron chi connectivity index (χ4n) is 1.85. The van der Waals surface area contributed by atoms with Crippen molar-refractivity contribution in [2.45, 2.75) is 12.6 Å². The molecule has 0 amide bonds. The molecule has 0 saturated carbocycles. The summed E-state index contributed by atoms with van der Waals surface area (Å²) in [4.78, 5) is 27.2. The van der Waals surface area contributed by atoms with E-state index in [1.807, 2.05) is 0 Å². The Labute approximate surface area is 143 Å². The zero-order valence-corrected chi connectivity index (χ0v) is 13.2. The standard InChI is InChI=1S/C15H9F3N4O2S/c16-15(17,18)13-7-25-14(22-13)4-12(23)11-3-9(1-2-21-11)24-10-5-19-8-20-6-10/h1-3,5-8H,4H2. The maximum absolute atomic E-state index is 12.5. The number of hydrogen-bond donors (Lipinski definition) is 0. The predicted molar refractivity (Wildman–Crippen MR) is 81.5 cm³/mol. The van der Waals surface area contributed by atoms with Gasteiger partial charge in [-0.3, -0.25) is 9.78 Å². The highest BCUT2D eigenvalue weighted by Gasteiger charge is 2.33. The maximum atomic E-state index is 12.5. The number of carbonyl (C=O) groups is 1. The van der Waals surface area contributed by atoms with E-state index in [1.54, 1.807) is 0 Å². The largest absolute Gasteiger partial charge is 0.454 e. The van der Waals surface area contributed by atoms with E-state index in [0.29, 0.717) is 11.5 Å². The summed E-state index contributed by atoms with van der Waals surface area (Å²) in [5.74, 6) is 0.253. The molecule has 3 rings (SSSR count). The molecule has 0 aliphatic rings. The molecule has 0 spiro atoms. The lowest BCUT2D eigenvalue weighted by Gasteiger charge is -2.05.